The minimum atomic E-state index is -4.66. The highest BCUT2D eigenvalue weighted by molar-refractivity contribution is 7.99. The van der Waals surface area contributed by atoms with Crippen LogP contribution in [0, 0.1) is 17.5 Å². The van der Waals surface area contributed by atoms with E-state index in [0.717, 1.165) is 42.5 Å². The minimum absolute atomic E-state index is 0.163. The van der Waals surface area contributed by atoms with Crippen LogP contribution in [0.25, 0.3) is 0 Å². The zero-order valence-electron chi connectivity index (χ0n) is 20.9. The molecule has 1 aliphatic heterocycles. The second kappa shape index (κ2) is 12.5. The molecule has 2 N–H and O–H groups in total. The Morgan fingerprint density at radius 3 is 2.31 bits per heavy atom. The Morgan fingerprint density at radius 2 is 1.71 bits per heavy atom. The number of carboxylic acid groups (broad SMARTS) is 1. The number of carbonyl (C=O) groups excluding carboxylic acids is 2. The maximum absolute atomic E-state index is 15.4. The monoisotopic (exact) mass is 633 g/mol. The SMILES string of the molecule is O=C(NC(=O)N(SN1CCC[C@H]1C(=O)O)c1ccc(Oc2ccc(C(F)(F)F)cc2Cl)cc1F)c1c(F)cccc1F. The maximum Gasteiger partial charge on any atom is 0.416 e. The summed E-state index contributed by atoms with van der Waals surface area (Å²) < 4.78 is 89.5. The second-order valence-electron chi connectivity index (χ2n) is 8.73. The van der Waals surface area contributed by atoms with Gasteiger partial charge in [0.15, 0.2) is 5.82 Å². The molecule has 16 heteroatoms. The number of halogens is 7. The number of nitrogens with one attached hydrogen (secondary N) is 1. The van der Waals surface area contributed by atoms with Crippen LogP contribution in [0.4, 0.5) is 36.8 Å². The molecule has 3 aromatic carbocycles. The molecule has 222 valence electrons. The highest BCUT2D eigenvalue weighted by atomic mass is 35.5. The predicted octanol–water partition coefficient (Wildman–Crippen LogP) is 7.04. The van der Waals surface area contributed by atoms with Crippen LogP contribution in [0.15, 0.2) is 54.6 Å². The van der Waals surface area contributed by atoms with E-state index in [1.54, 1.807) is 5.32 Å². The van der Waals surface area contributed by atoms with Crippen LogP contribution < -0.4 is 14.4 Å². The third-order valence-electron chi connectivity index (χ3n) is 5.89. The summed E-state index contributed by atoms with van der Waals surface area (Å²) in [4.78, 5) is 37.3. The maximum atomic E-state index is 15.4. The van der Waals surface area contributed by atoms with Gasteiger partial charge in [-0.05, 0) is 55.3 Å². The number of imide groups is 1. The Bertz CT molecular complexity index is 1520. The standard InChI is InChI=1S/C26H18ClF6N3O5S/c27-15-11-13(26(31,32)33)6-9-21(15)41-14-7-8-19(18(30)12-14)36(42-35-10-2-5-20(35)24(38)39)25(40)34-23(37)22-16(28)3-1-4-17(22)29/h1,3-4,6-9,11-12,20H,2,5,10H2,(H,38,39)(H,34,37,40)/t20-/m0/s1. The molecule has 0 radical (unpaired) electrons. The lowest BCUT2D eigenvalue weighted by atomic mass is 10.2. The molecule has 1 atom stereocenters. The number of anilines is 1. The van der Waals surface area contributed by atoms with Crippen molar-refractivity contribution in [3.63, 3.8) is 0 Å². The van der Waals surface area contributed by atoms with E-state index in [1.165, 1.54) is 4.31 Å². The van der Waals surface area contributed by atoms with Gasteiger partial charge in [-0.3, -0.25) is 14.9 Å². The van der Waals surface area contributed by atoms with E-state index in [0.29, 0.717) is 35.0 Å². The Hall–Kier alpha value is -3.95. The summed E-state index contributed by atoms with van der Waals surface area (Å²) in [5, 5.41) is 10.8. The zero-order chi connectivity index (χ0) is 30.8. The Morgan fingerprint density at radius 1 is 1.02 bits per heavy atom. The van der Waals surface area contributed by atoms with Gasteiger partial charge in [-0.2, -0.15) is 13.2 Å². The molecule has 1 saturated heterocycles. The Kier molecular flexibility index (Phi) is 9.23. The highest BCUT2D eigenvalue weighted by Crippen LogP contribution is 2.38. The van der Waals surface area contributed by atoms with Crippen molar-refractivity contribution in [3.05, 3.63) is 88.2 Å². The van der Waals surface area contributed by atoms with E-state index in [2.05, 4.69) is 0 Å². The van der Waals surface area contributed by atoms with E-state index in [4.69, 9.17) is 16.3 Å². The molecule has 0 bridgehead atoms. The van der Waals surface area contributed by atoms with Crippen LogP contribution >= 0.6 is 23.7 Å². The van der Waals surface area contributed by atoms with Crippen LogP contribution in [0.2, 0.25) is 5.02 Å². The summed E-state index contributed by atoms with van der Waals surface area (Å²) in [5.74, 6) is -6.85. The van der Waals surface area contributed by atoms with Gasteiger partial charge in [0, 0.05) is 24.7 Å². The number of aliphatic carboxylic acids is 1. The van der Waals surface area contributed by atoms with Crippen molar-refractivity contribution < 1.29 is 50.6 Å². The summed E-state index contributed by atoms with van der Waals surface area (Å²) >= 11 is 6.33. The highest BCUT2D eigenvalue weighted by Gasteiger charge is 2.36. The van der Waals surface area contributed by atoms with E-state index >= 15 is 4.39 Å². The first-order valence-corrected chi connectivity index (χ1v) is 13.0. The van der Waals surface area contributed by atoms with Crippen LogP contribution in [-0.4, -0.2) is 39.9 Å². The van der Waals surface area contributed by atoms with Crippen molar-refractivity contribution in [1.29, 1.82) is 0 Å². The number of nitrogens with zero attached hydrogens (tertiary/aromatic N) is 2. The number of urea groups is 1. The van der Waals surface area contributed by atoms with Crippen molar-refractivity contribution in [2.24, 2.45) is 0 Å². The first kappa shape index (κ1) is 31.0. The molecule has 0 aliphatic carbocycles. The van der Waals surface area contributed by atoms with Crippen LogP contribution in [-0.2, 0) is 11.0 Å². The van der Waals surface area contributed by atoms with E-state index in [-0.39, 0.29) is 24.5 Å². The molecule has 3 aromatic rings. The van der Waals surface area contributed by atoms with Crippen molar-refractivity contribution in [2.75, 3.05) is 10.8 Å². The van der Waals surface area contributed by atoms with Gasteiger partial charge in [0.05, 0.1) is 16.3 Å². The fraction of sp³-hybridized carbons (Fsp3) is 0.192. The average molecular weight is 634 g/mol. The van der Waals surface area contributed by atoms with Crippen LogP contribution in [0.1, 0.15) is 28.8 Å². The molecule has 1 aliphatic rings. The Labute approximate surface area is 243 Å². The largest absolute Gasteiger partial charge is 0.480 e. The predicted molar refractivity (Wildman–Crippen MR) is 140 cm³/mol. The van der Waals surface area contributed by atoms with Crippen molar-refractivity contribution >= 4 is 47.3 Å². The quantitative estimate of drug-likeness (QED) is 0.213. The summed E-state index contributed by atoms with van der Waals surface area (Å²) in [6.07, 6.45) is -4.03. The van der Waals surface area contributed by atoms with Gasteiger partial charge < -0.3 is 9.84 Å². The van der Waals surface area contributed by atoms with E-state index in [9.17, 15) is 41.4 Å². The topological polar surface area (TPSA) is 99.2 Å². The molecule has 4 rings (SSSR count). The zero-order valence-corrected chi connectivity index (χ0v) is 22.5. The molecule has 0 saturated carbocycles. The molecular formula is C26H18ClF6N3O5S. The summed E-state index contributed by atoms with van der Waals surface area (Å²) in [7, 11) is 0. The van der Waals surface area contributed by atoms with Gasteiger partial charge in [-0.15, -0.1) is 0 Å². The molecule has 8 nitrogen and oxygen atoms in total. The van der Waals surface area contributed by atoms with Crippen LogP contribution in [0.5, 0.6) is 11.5 Å². The lowest BCUT2D eigenvalue weighted by molar-refractivity contribution is -0.140. The molecule has 0 aromatic heterocycles. The van der Waals surface area contributed by atoms with Gasteiger partial charge in [-0.1, -0.05) is 17.7 Å². The molecular weight excluding hydrogens is 616 g/mol. The Balaban J connectivity index is 1.62. The normalized spacial score (nSPS) is 15.4. The number of amides is 3. The third-order valence-corrected chi connectivity index (χ3v) is 7.36. The summed E-state index contributed by atoms with van der Waals surface area (Å²) in [5.41, 5.74) is -2.62. The molecule has 0 spiro atoms. The number of ether oxygens (including phenoxy) is 1. The number of alkyl halides is 3. The number of carbonyl (C=O) groups is 3. The average Bonchev–Trinajstić information content (AvgIpc) is 3.37. The van der Waals surface area contributed by atoms with E-state index in [1.807, 2.05) is 0 Å². The smallest absolute Gasteiger partial charge is 0.416 e. The number of benzene rings is 3. The second-order valence-corrected chi connectivity index (χ2v) is 10.1. The molecule has 42 heavy (non-hydrogen) atoms. The lowest BCUT2D eigenvalue weighted by Crippen LogP contribution is -2.43. The summed E-state index contributed by atoms with van der Waals surface area (Å²) in [6, 6.07) is 5.31. The fourth-order valence-corrected chi connectivity index (χ4v) is 5.21. The fourth-order valence-electron chi connectivity index (χ4n) is 3.91. The molecule has 1 fully saturated rings. The minimum Gasteiger partial charge on any atom is -0.480 e. The van der Waals surface area contributed by atoms with Gasteiger partial charge in [0.25, 0.3) is 5.91 Å². The van der Waals surface area contributed by atoms with Gasteiger partial charge in [0.1, 0.15) is 34.7 Å². The van der Waals surface area contributed by atoms with Crippen molar-refractivity contribution in [2.45, 2.75) is 25.1 Å². The molecule has 0 unspecified atom stereocenters. The lowest BCUT2D eigenvalue weighted by Gasteiger charge is -2.28. The van der Waals surface area contributed by atoms with Crippen molar-refractivity contribution in [1.82, 2.24) is 9.62 Å². The van der Waals surface area contributed by atoms with E-state index < -0.39 is 69.4 Å². The molecule has 3 amide bonds. The summed E-state index contributed by atoms with van der Waals surface area (Å²) in [6.45, 7) is 0.163. The first-order valence-electron chi connectivity index (χ1n) is 11.9. The van der Waals surface area contributed by atoms with Gasteiger partial charge in [-0.25, -0.2) is 26.6 Å². The first-order chi connectivity index (χ1) is 19.8. The number of carboxylic acids is 1. The number of hydrogen-bond donors (Lipinski definition) is 2. The number of hydrogen-bond acceptors (Lipinski definition) is 6. The van der Waals surface area contributed by atoms with Gasteiger partial charge >= 0.3 is 18.2 Å². The van der Waals surface area contributed by atoms with Crippen LogP contribution in [0.3, 0.4) is 0 Å². The van der Waals surface area contributed by atoms with Crippen molar-refractivity contribution in [3.8, 4) is 11.5 Å². The number of rotatable bonds is 7. The molecule has 1 heterocycles. The van der Waals surface area contributed by atoms with Gasteiger partial charge in [0.2, 0.25) is 0 Å². The third kappa shape index (κ3) is 6.91.